The number of halogens is 1. The molecule has 0 saturated carbocycles. The maximum Gasteiger partial charge on any atom is 0.225 e. The van der Waals surface area contributed by atoms with Crippen molar-refractivity contribution in [2.75, 3.05) is 0 Å². The van der Waals surface area contributed by atoms with Gasteiger partial charge in [-0.2, -0.15) is 0 Å². The minimum absolute atomic E-state index is 0.0581. The predicted molar refractivity (Wildman–Crippen MR) is 80.2 cm³/mol. The van der Waals surface area contributed by atoms with Gasteiger partial charge in [0, 0.05) is 12.1 Å². The Labute approximate surface area is 125 Å². The summed E-state index contributed by atoms with van der Waals surface area (Å²) in [6, 6.07) is 7.24. The third kappa shape index (κ3) is 2.95. The second-order valence-electron chi connectivity index (χ2n) is 6.67. The van der Waals surface area contributed by atoms with Gasteiger partial charge < -0.3 is 10.6 Å². The molecule has 2 bridgehead atoms. The van der Waals surface area contributed by atoms with Crippen molar-refractivity contribution in [3.05, 3.63) is 35.6 Å². The first kappa shape index (κ1) is 14.5. The Hall–Kier alpha value is -1.42. The number of hydrogen-bond acceptors (Lipinski definition) is 2. The van der Waals surface area contributed by atoms with Crippen LogP contribution in [-0.2, 0) is 4.79 Å². The van der Waals surface area contributed by atoms with Crippen LogP contribution in [0.25, 0.3) is 0 Å². The Kier molecular flexibility index (Phi) is 3.98. The second kappa shape index (κ2) is 5.76. The van der Waals surface area contributed by atoms with E-state index in [1.165, 1.54) is 18.6 Å². The first-order valence-corrected chi connectivity index (χ1v) is 7.86. The molecule has 0 aliphatic carbocycles. The van der Waals surface area contributed by atoms with Gasteiger partial charge in [0.1, 0.15) is 5.82 Å². The smallest absolute Gasteiger partial charge is 0.225 e. The average molecular weight is 290 g/mol. The molecule has 0 radical (unpaired) electrons. The van der Waals surface area contributed by atoms with Crippen LogP contribution in [0.15, 0.2) is 24.3 Å². The van der Waals surface area contributed by atoms with Crippen molar-refractivity contribution in [3.63, 3.8) is 0 Å². The molecule has 1 amide bonds. The SMILES string of the molecule is CC(C)C(NC(=O)C1CC2CCC1N2)c1ccc(F)cc1. The topological polar surface area (TPSA) is 41.1 Å². The molecule has 2 N–H and O–H groups in total. The van der Waals surface area contributed by atoms with Crippen LogP contribution in [0.3, 0.4) is 0 Å². The van der Waals surface area contributed by atoms with Gasteiger partial charge in [0.25, 0.3) is 0 Å². The lowest BCUT2D eigenvalue weighted by Gasteiger charge is -2.27. The molecule has 2 aliphatic rings. The van der Waals surface area contributed by atoms with Crippen molar-refractivity contribution < 1.29 is 9.18 Å². The standard InChI is InChI=1S/C17H23FN2O/c1-10(2)16(11-3-5-12(18)6-4-11)20-17(21)14-9-13-7-8-15(14)19-13/h3-6,10,13-16,19H,7-9H2,1-2H3,(H,20,21). The van der Waals surface area contributed by atoms with Crippen LogP contribution in [0.2, 0.25) is 0 Å². The molecule has 2 saturated heterocycles. The molecule has 1 aromatic rings. The Bertz CT molecular complexity index is 514. The highest BCUT2D eigenvalue weighted by Gasteiger charge is 2.43. The van der Waals surface area contributed by atoms with Crippen LogP contribution in [0.4, 0.5) is 4.39 Å². The molecule has 0 spiro atoms. The highest BCUT2D eigenvalue weighted by atomic mass is 19.1. The lowest BCUT2D eigenvalue weighted by atomic mass is 9.87. The van der Waals surface area contributed by atoms with E-state index in [0.29, 0.717) is 12.1 Å². The van der Waals surface area contributed by atoms with Gasteiger partial charge in [-0.1, -0.05) is 26.0 Å². The number of benzene rings is 1. The third-order valence-electron chi connectivity index (χ3n) is 4.83. The Morgan fingerprint density at radius 3 is 2.52 bits per heavy atom. The summed E-state index contributed by atoms with van der Waals surface area (Å²) in [5.74, 6) is 0.249. The summed E-state index contributed by atoms with van der Waals surface area (Å²) in [5.41, 5.74) is 0.968. The molecule has 4 unspecified atom stereocenters. The van der Waals surface area contributed by atoms with Crippen molar-refractivity contribution in [2.45, 2.75) is 51.2 Å². The molecular weight excluding hydrogens is 267 g/mol. The van der Waals surface area contributed by atoms with Gasteiger partial charge in [-0.05, 0) is 42.9 Å². The van der Waals surface area contributed by atoms with Crippen molar-refractivity contribution >= 4 is 5.91 Å². The zero-order chi connectivity index (χ0) is 15.0. The minimum Gasteiger partial charge on any atom is -0.349 e. The molecule has 4 atom stereocenters. The Morgan fingerprint density at radius 2 is 2.00 bits per heavy atom. The summed E-state index contributed by atoms with van der Waals surface area (Å²) < 4.78 is 13.1. The highest BCUT2D eigenvalue weighted by Crippen LogP contribution is 2.34. The minimum atomic E-state index is -0.245. The summed E-state index contributed by atoms with van der Waals surface area (Å²) in [5, 5.41) is 6.68. The van der Waals surface area contributed by atoms with Crippen LogP contribution in [-0.4, -0.2) is 18.0 Å². The summed E-state index contributed by atoms with van der Waals surface area (Å²) in [4.78, 5) is 12.6. The Morgan fingerprint density at radius 1 is 1.29 bits per heavy atom. The number of nitrogens with one attached hydrogen (secondary N) is 2. The first-order chi connectivity index (χ1) is 10.0. The van der Waals surface area contributed by atoms with Crippen molar-refractivity contribution in [2.24, 2.45) is 11.8 Å². The number of carbonyl (C=O) groups is 1. The van der Waals surface area contributed by atoms with Gasteiger partial charge in [0.2, 0.25) is 5.91 Å². The summed E-state index contributed by atoms with van der Waals surface area (Å²) in [7, 11) is 0. The van der Waals surface area contributed by atoms with Gasteiger partial charge >= 0.3 is 0 Å². The monoisotopic (exact) mass is 290 g/mol. The Balaban J connectivity index is 1.70. The van der Waals surface area contributed by atoms with E-state index in [4.69, 9.17) is 0 Å². The van der Waals surface area contributed by atoms with Gasteiger partial charge in [-0.3, -0.25) is 4.79 Å². The fourth-order valence-electron chi connectivity index (χ4n) is 3.68. The van der Waals surface area contributed by atoms with E-state index in [-0.39, 0.29) is 29.6 Å². The molecule has 21 heavy (non-hydrogen) atoms. The summed E-state index contributed by atoms with van der Waals surface area (Å²) in [6.07, 6.45) is 3.25. The summed E-state index contributed by atoms with van der Waals surface area (Å²) in [6.45, 7) is 4.15. The van der Waals surface area contributed by atoms with Crippen LogP contribution >= 0.6 is 0 Å². The van der Waals surface area contributed by atoms with Crippen molar-refractivity contribution in [1.82, 2.24) is 10.6 Å². The van der Waals surface area contributed by atoms with Crippen LogP contribution in [0.5, 0.6) is 0 Å². The van der Waals surface area contributed by atoms with Crippen molar-refractivity contribution in [3.8, 4) is 0 Å². The molecule has 2 fully saturated rings. The molecule has 2 aliphatic heterocycles. The van der Waals surface area contributed by atoms with E-state index in [0.717, 1.165) is 18.4 Å². The van der Waals surface area contributed by atoms with E-state index in [1.54, 1.807) is 12.1 Å². The fraction of sp³-hybridized carbons (Fsp3) is 0.588. The van der Waals surface area contributed by atoms with Crippen LogP contribution < -0.4 is 10.6 Å². The average Bonchev–Trinajstić information content (AvgIpc) is 3.08. The largest absolute Gasteiger partial charge is 0.349 e. The van der Waals surface area contributed by atoms with E-state index < -0.39 is 0 Å². The number of carbonyl (C=O) groups excluding carboxylic acids is 1. The van der Waals surface area contributed by atoms with Gasteiger partial charge in [0.05, 0.1) is 12.0 Å². The number of rotatable bonds is 4. The van der Waals surface area contributed by atoms with Crippen LogP contribution in [0, 0.1) is 17.7 Å². The first-order valence-electron chi connectivity index (χ1n) is 7.86. The van der Waals surface area contributed by atoms with Gasteiger partial charge in [-0.15, -0.1) is 0 Å². The molecule has 1 aromatic carbocycles. The molecule has 4 heteroatoms. The zero-order valence-corrected chi connectivity index (χ0v) is 12.6. The maximum absolute atomic E-state index is 13.1. The highest BCUT2D eigenvalue weighted by molar-refractivity contribution is 5.80. The maximum atomic E-state index is 13.1. The predicted octanol–water partition coefficient (Wildman–Crippen LogP) is 2.78. The second-order valence-corrected chi connectivity index (χ2v) is 6.67. The lowest BCUT2D eigenvalue weighted by Crippen LogP contribution is -2.40. The van der Waals surface area contributed by atoms with E-state index >= 15 is 0 Å². The fourth-order valence-corrected chi connectivity index (χ4v) is 3.68. The van der Waals surface area contributed by atoms with Crippen molar-refractivity contribution in [1.29, 1.82) is 0 Å². The molecular formula is C17H23FN2O. The zero-order valence-electron chi connectivity index (χ0n) is 12.6. The molecule has 3 nitrogen and oxygen atoms in total. The lowest BCUT2D eigenvalue weighted by molar-refractivity contribution is -0.126. The van der Waals surface area contributed by atoms with Gasteiger partial charge in [0.15, 0.2) is 0 Å². The molecule has 114 valence electrons. The number of hydrogen-bond donors (Lipinski definition) is 2. The van der Waals surface area contributed by atoms with E-state index in [2.05, 4.69) is 24.5 Å². The molecule has 2 heterocycles. The quantitative estimate of drug-likeness (QED) is 0.895. The van der Waals surface area contributed by atoms with Crippen LogP contribution in [0.1, 0.15) is 44.7 Å². The van der Waals surface area contributed by atoms with E-state index in [1.807, 2.05) is 0 Å². The number of fused-ring (bicyclic) bond motifs is 2. The third-order valence-corrected chi connectivity index (χ3v) is 4.83. The van der Waals surface area contributed by atoms with E-state index in [9.17, 15) is 9.18 Å². The normalized spacial score (nSPS) is 28.9. The summed E-state index contributed by atoms with van der Waals surface area (Å²) >= 11 is 0. The molecule has 3 rings (SSSR count). The van der Waals surface area contributed by atoms with Gasteiger partial charge in [-0.25, -0.2) is 4.39 Å². The number of amides is 1. The molecule has 0 aromatic heterocycles.